The van der Waals surface area contributed by atoms with Crippen LogP contribution in [0.15, 0.2) is 24.5 Å². The van der Waals surface area contributed by atoms with Crippen LogP contribution >= 0.6 is 0 Å². The summed E-state index contributed by atoms with van der Waals surface area (Å²) in [7, 11) is -0.960. The molecule has 27 heavy (non-hydrogen) atoms. The number of fused-ring (bicyclic) bond motifs is 1. The Morgan fingerprint density at radius 3 is 2.74 bits per heavy atom. The number of benzene rings is 1. The van der Waals surface area contributed by atoms with E-state index in [1.165, 1.54) is 12.4 Å². The molecular formula is C18H22BN3O5. The number of carbonyl (C=O) groups excluding carboxylic acids is 1. The fraction of sp³-hybridized carbons (Fsp3) is 0.389. The lowest BCUT2D eigenvalue weighted by atomic mass is 9.76. The fourth-order valence-electron chi connectivity index (χ4n) is 2.64. The molecule has 2 heterocycles. The Hall–Kier alpha value is -2.49. The van der Waals surface area contributed by atoms with Gasteiger partial charge in [-0.2, -0.15) is 0 Å². The van der Waals surface area contributed by atoms with Crippen molar-refractivity contribution in [2.24, 2.45) is 0 Å². The van der Waals surface area contributed by atoms with Crippen LogP contribution in [0.25, 0.3) is 0 Å². The van der Waals surface area contributed by atoms with Gasteiger partial charge in [0.15, 0.2) is 0 Å². The lowest BCUT2D eigenvalue weighted by Gasteiger charge is -2.26. The molecule has 9 heteroatoms. The number of nitrogens with zero attached hydrogens (tertiary/aromatic N) is 2. The van der Waals surface area contributed by atoms with E-state index in [1.807, 2.05) is 13.0 Å². The zero-order valence-electron chi connectivity index (χ0n) is 15.7. The van der Waals surface area contributed by atoms with Crippen LogP contribution < -0.4 is 15.5 Å². The summed E-state index contributed by atoms with van der Waals surface area (Å²) in [6, 6.07) is 3.16. The Labute approximate surface area is 157 Å². The molecule has 1 atom stereocenters. The summed E-state index contributed by atoms with van der Waals surface area (Å²) in [6.07, 6.45) is 2.66. The molecule has 3 N–H and O–H groups in total. The molecular weight excluding hydrogens is 349 g/mol. The predicted octanol–water partition coefficient (Wildman–Crippen LogP) is 0.684. The summed E-state index contributed by atoms with van der Waals surface area (Å²) in [5, 5.41) is 22.5. The van der Waals surface area contributed by atoms with Crippen LogP contribution in [0, 0.1) is 6.92 Å². The largest absolute Gasteiger partial charge is 0.492 e. The van der Waals surface area contributed by atoms with E-state index < -0.39 is 24.7 Å². The SMILES string of the molecule is Cc1c(Oc2cnc(C(=O)N[C@H](C)C(C)(C)O)cn2)ccc2c1B(O)OC2. The maximum absolute atomic E-state index is 12.2. The second-order valence-corrected chi connectivity index (χ2v) is 7.12. The van der Waals surface area contributed by atoms with Crippen molar-refractivity contribution in [3.63, 3.8) is 0 Å². The average Bonchev–Trinajstić information content (AvgIpc) is 2.99. The van der Waals surface area contributed by atoms with Crippen LogP contribution in [0.3, 0.4) is 0 Å². The number of hydrogen-bond acceptors (Lipinski definition) is 7. The molecule has 0 unspecified atom stereocenters. The zero-order valence-corrected chi connectivity index (χ0v) is 15.7. The van der Waals surface area contributed by atoms with Crippen LogP contribution in [-0.2, 0) is 11.3 Å². The maximum atomic E-state index is 12.2. The smallest absolute Gasteiger partial charge is 0.437 e. The van der Waals surface area contributed by atoms with Crippen LogP contribution in [0.5, 0.6) is 11.6 Å². The topological polar surface area (TPSA) is 114 Å². The minimum atomic E-state index is -1.05. The third kappa shape index (κ3) is 4.10. The molecule has 1 aliphatic heterocycles. The second-order valence-electron chi connectivity index (χ2n) is 7.12. The van der Waals surface area contributed by atoms with Gasteiger partial charge >= 0.3 is 7.12 Å². The van der Waals surface area contributed by atoms with Crippen molar-refractivity contribution < 1.29 is 24.3 Å². The molecule has 0 saturated heterocycles. The number of aromatic nitrogens is 2. The molecule has 1 aromatic carbocycles. The van der Waals surface area contributed by atoms with Gasteiger partial charge in [-0.25, -0.2) is 9.97 Å². The standard InChI is InChI=1S/C18H22BN3O5/c1-10-14(6-5-12-9-26-19(25)16(10)12)27-15-8-20-13(7-21-15)17(23)22-11(2)18(3,4)24/h5-8,11,24-25H,9H2,1-4H3,(H,22,23)/t11-/m1/s1. The molecule has 8 nitrogen and oxygen atoms in total. The lowest BCUT2D eigenvalue weighted by Crippen LogP contribution is -2.47. The first-order valence-electron chi connectivity index (χ1n) is 8.62. The number of hydrogen-bond donors (Lipinski definition) is 3. The van der Waals surface area contributed by atoms with Crippen molar-refractivity contribution >= 4 is 18.5 Å². The molecule has 1 aromatic heterocycles. The minimum Gasteiger partial charge on any atom is -0.437 e. The Bertz CT molecular complexity index is 851. The third-order valence-electron chi connectivity index (χ3n) is 4.68. The van der Waals surface area contributed by atoms with E-state index in [2.05, 4.69) is 15.3 Å². The van der Waals surface area contributed by atoms with Crippen LogP contribution in [0.1, 0.15) is 42.4 Å². The second kappa shape index (κ2) is 7.26. The van der Waals surface area contributed by atoms with Crippen molar-refractivity contribution in [1.29, 1.82) is 0 Å². The summed E-state index contributed by atoms with van der Waals surface area (Å²) < 4.78 is 11.0. The Morgan fingerprint density at radius 2 is 2.11 bits per heavy atom. The minimum absolute atomic E-state index is 0.118. The van der Waals surface area contributed by atoms with E-state index in [0.29, 0.717) is 17.8 Å². The van der Waals surface area contributed by atoms with Crippen LogP contribution in [0.2, 0.25) is 0 Å². The zero-order chi connectivity index (χ0) is 19.8. The molecule has 142 valence electrons. The number of amides is 1. The molecule has 0 bridgehead atoms. The molecule has 1 aliphatic rings. The summed E-state index contributed by atoms with van der Waals surface area (Å²) in [5.41, 5.74) is 1.46. The van der Waals surface area contributed by atoms with Gasteiger partial charge in [-0.1, -0.05) is 6.07 Å². The Balaban J connectivity index is 1.72. The highest BCUT2D eigenvalue weighted by atomic mass is 16.5. The van der Waals surface area contributed by atoms with Gasteiger partial charge in [0.25, 0.3) is 5.91 Å². The van der Waals surface area contributed by atoms with Crippen molar-refractivity contribution in [2.75, 3.05) is 0 Å². The summed E-state index contributed by atoms with van der Waals surface area (Å²) in [5.74, 6) is 0.316. The fourth-order valence-corrected chi connectivity index (χ4v) is 2.64. The highest BCUT2D eigenvalue weighted by Gasteiger charge is 2.30. The van der Waals surface area contributed by atoms with Gasteiger partial charge in [0.2, 0.25) is 5.88 Å². The van der Waals surface area contributed by atoms with Crippen LogP contribution in [0.4, 0.5) is 0 Å². The first kappa shape index (κ1) is 19.3. The number of rotatable bonds is 5. The van der Waals surface area contributed by atoms with E-state index in [0.717, 1.165) is 11.1 Å². The van der Waals surface area contributed by atoms with Gasteiger partial charge in [0.05, 0.1) is 30.6 Å². The van der Waals surface area contributed by atoms with E-state index in [4.69, 9.17) is 9.39 Å². The Morgan fingerprint density at radius 1 is 1.37 bits per heavy atom. The molecule has 0 saturated carbocycles. The van der Waals surface area contributed by atoms with Crippen molar-refractivity contribution in [2.45, 2.75) is 45.9 Å². The molecule has 2 aromatic rings. The van der Waals surface area contributed by atoms with Gasteiger partial charge in [-0.3, -0.25) is 4.79 Å². The van der Waals surface area contributed by atoms with Crippen molar-refractivity contribution in [1.82, 2.24) is 15.3 Å². The van der Waals surface area contributed by atoms with Gasteiger partial charge in [0.1, 0.15) is 11.4 Å². The summed E-state index contributed by atoms with van der Waals surface area (Å²) in [4.78, 5) is 20.4. The highest BCUT2D eigenvalue weighted by molar-refractivity contribution is 6.62. The third-order valence-corrected chi connectivity index (χ3v) is 4.68. The summed E-state index contributed by atoms with van der Waals surface area (Å²) >= 11 is 0. The van der Waals surface area contributed by atoms with E-state index in [1.54, 1.807) is 26.8 Å². The summed E-state index contributed by atoms with van der Waals surface area (Å²) in [6.45, 7) is 7.13. The number of nitrogens with one attached hydrogen (secondary N) is 1. The lowest BCUT2D eigenvalue weighted by molar-refractivity contribution is 0.0407. The highest BCUT2D eigenvalue weighted by Crippen LogP contribution is 2.25. The monoisotopic (exact) mass is 371 g/mol. The molecule has 3 rings (SSSR count). The number of carbonyl (C=O) groups is 1. The van der Waals surface area contributed by atoms with E-state index in [9.17, 15) is 14.9 Å². The van der Waals surface area contributed by atoms with Gasteiger partial charge < -0.3 is 24.8 Å². The predicted molar refractivity (Wildman–Crippen MR) is 98.9 cm³/mol. The number of ether oxygens (including phenoxy) is 1. The molecule has 0 radical (unpaired) electrons. The van der Waals surface area contributed by atoms with Crippen molar-refractivity contribution in [3.8, 4) is 11.6 Å². The van der Waals surface area contributed by atoms with Crippen molar-refractivity contribution in [3.05, 3.63) is 41.3 Å². The molecule has 1 amide bonds. The van der Waals surface area contributed by atoms with Crippen LogP contribution in [-0.4, -0.2) is 44.8 Å². The first-order chi connectivity index (χ1) is 12.7. The molecule has 0 aliphatic carbocycles. The first-order valence-corrected chi connectivity index (χ1v) is 8.62. The normalized spacial score (nSPS) is 14.7. The van der Waals surface area contributed by atoms with Gasteiger partial charge in [-0.15, -0.1) is 0 Å². The Kier molecular flexibility index (Phi) is 5.19. The van der Waals surface area contributed by atoms with Gasteiger partial charge in [-0.05, 0) is 50.4 Å². The van der Waals surface area contributed by atoms with E-state index in [-0.39, 0.29) is 11.6 Å². The average molecular weight is 371 g/mol. The van der Waals surface area contributed by atoms with E-state index >= 15 is 0 Å². The molecule has 0 fully saturated rings. The molecule has 0 spiro atoms. The maximum Gasteiger partial charge on any atom is 0.492 e. The number of aliphatic hydroxyl groups is 1. The van der Waals surface area contributed by atoms with Gasteiger partial charge in [0, 0.05) is 0 Å². The quantitative estimate of drug-likeness (QED) is 0.663.